The lowest BCUT2D eigenvalue weighted by molar-refractivity contribution is 0.186. The van der Waals surface area contributed by atoms with Crippen molar-refractivity contribution in [2.24, 2.45) is 0 Å². The average Bonchev–Trinajstić information content (AvgIpc) is 2.92. The summed E-state index contributed by atoms with van der Waals surface area (Å²) in [6, 6.07) is 7.42. The first kappa shape index (κ1) is 14.4. The predicted octanol–water partition coefficient (Wildman–Crippen LogP) is 2.13. The van der Waals surface area contributed by atoms with Crippen LogP contribution in [0.1, 0.15) is 12.7 Å². The highest BCUT2D eigenvalue weighted by atomic mass is 16.5. The van der Waals surface area contributed by atoms with Crippen molar-refractivity contribution in [1.82, 2.24) is 4.57 Å². The van der Waals surface area contributed by atoms with Crippen molar-refractivity contribution in [3.63, 3.8) is 0 Å². The van der Waals surface area contributed by atoms with Crippen LogP contribution < -0.4 is 10.9 Å². The number of anilines is 1. The largest absolute Gasteiger partial charge is 0.469 e. The number of aromatic nitrogens is 1. The Morgan fingerprint density at radius 3 is 2.95 bits per heavy atom. The molecule has 0 aliphatic carbocycles. The van der Waals surface area contributed by atoms with Crippen molar-refractivity contribution in [3.8, 4) is 0 Å². The molecule has 20 heavy (non-hydrogen) atoms. The van der Waals surface area contributed by atoms with Gasteiger partial charge in [-0.3, -0.25) is 4.79 Å². The van der Waals surface area contributed by atoms with E-state index in [-0.39, 0.29) is 11.6 Å². The normalized spacial score (nSPS) is 12.3. The van der Waals surface area contributed by atoms with Crippen LogP contribution in [0.2, 0.25) is 0 Å². The van der Waals surface area contributed by atoms with E-state index in [0.717, 1.165) is 17.9 Å². The van der Waals surface area contributed by atoms with E-state index >= 15 is 0 Å². The maximum Gasteiger partial charge on any atom is 0.250 e. The molecule has 2 heterocycles. The lowest BCUT2D eigenvalue weighted by Crippen LogP contribution is -2.23. The maximum absolute atomic E-state index is 11.7. The van der Waals surface area contributed by atoms with Crippen LogP contribution in [-0.2, 0) is 17.7 Å². The lowest BCUT2D eigenvalue weighted by Gasteiger charge is -2.15. The number of hydrogen-bond donors (Lipinski definition) is 1. The molecule has 1 unspecified atom stereocenters. The summed E-state index contributed by atoms with van der Waals surface area (Å²) < 4.78 is 12.0. The fourth-order valence-electron chi connectivity index (χ4n) is 2.05. The molecule has 1 atom stereocenters. The quantitative estimate of drug-likeness (QED) is 0.841. The molecule has 5 heteroatoms. The molecule has 2 aromatic rings. The lowest BCUT2D eigenvalue weighted by atomic mass is 10.2. The second-order valence-corrected chi connectivity index (χ2v) is 4.77. The third kappa shape index (κ3) is 3.99. The van der Waals surface area contributed by atoms with Crippen LogP contribution in [0.4, 0.5) is 5.69 Å². The Bertz CT molecular complexity index is 575. The summed E-state index contributed by atoms with van der Waals surface area (Å²) in [6.45, 7) is 3.15. The Morgan fingerprint density at radius 2 is 2.25 bits per heavy atom. The number of pyridine rings is 1. The molecular weight excluding hydrogens is 256 g/mol. The fourth-order valence-corrected chi connectivity index (χ4v) is 2.05. The molecule has 108 valence electrons. The summed E-state index contributed by atoms with van der Waals surface area (Å²) in [6.07, 6.45) is 4.29. The molecule has 0 aromatic carbocycles. The Balaban J connectivity index is 1.99. The van der Waals surface area contributed by atoms with E-state index < -0.39 is 0 Å². The highest BCUT2D eigenvalue weighted by molar-refractivity contribution is 5.41. The summed E-state index contributed by atoms with van der Waals surface area (Å²) in [7, 11) is 1.62. The Labute approximate surface area is 118 Å². The number of ether oxygens (including phenoxy) is 1. The van der Waals surface area contributed by atoms with Gasteiger partial charge in [0.15, 0.2) is 0 Å². The van der Waals surface area contributed by atoms with Crippen LogP contribution in [0.5, 0.6) is 0 Å². The summed E-state index contributed by atoms with van der Waals surface area (Å²) in [5.74, 6) is 0.942. The summed E-state index contributed by atoms with van der Waals surface area (Å²) in [5.41, 5.74) is 0.894. The van der Waals surface area contributed by atoms with Gasteiger partial charge in [0.2, 0.25) is 0 Å². The minimum Gasteiger partial charge on any atom is -0.469 e. The maximum atomic E-state index is 11.7. The first-order valence-corrected chi connectivity index (χ1v) is 6.67. The van der Waals surface area contributed by atoms with Gasteiger partial charge in [-0.05, 0) is 25.1 Å². The van der Waals surface area contributed by atoms with Crippen molar-refractivity contribution >= 4 is 5.69 Å². The predicted molar refractivity (Wildman–Crippen MR) is 78.1 cm³/mol. The summed E-state index contributed by atoms with van der Waals surface area (Å²) >= 11 is 0. The molecule has 0 saturated heterocycles. The molecule has 0 aliphatic heterocycles. The van der Waals surface area contributed by atoms with Gasteiger partial charge in [0.1, 0.15) is 5.76 Å². The molecule has 2 aromatic heterocycles. The zero-order chi connectivity index (χ0) is 14.4. The second-order valence-electron chi connectivity index (χ2n) is 4.77. The van der Waals surface area contributed by atoms with Crippen molar-refractivity contribution in [2.75, 3.05) is 19.0 Å². The highest BCUT2D eigenvalue weighted by Crippen LogP contribution is 2.10. The van der Waals surface area contributed by atoms with E-state index in [2.05, 4.69) is 12.2 Å². The fraction of sp³-hybridized carbons (Fsp3) is 0.400. The van der Waals surface area contributed by atoms with Crippen LogP contribution in [0, 0.1) is 0 Å². The third-order valence-electron chi connectivity index (χ3n) is 3.02. The van der Waals surface area contributed by atoms with Gasteiger partial charge in [-0.25, -0.2) is 0 Å². The smallest absolute Gasteiger partial charge is 0.250 e. The Hall–Kier alpha value is -2.01. The number of methoxy groups -OCH3 is 1. The van der Waals surface area contributed by atoms with Crippen LogP contribution in [0.3, 0.4) is 0 Å². The van der Waals surface area contributed by atoms with Gasteiger partial charge in [-0.15, -0.1) is 0 Å². The van der Waals surface area contributed by atoms with Crippen LogP contribution in [-0.4, -0.2) is 24.3 Å². The van der Waals surface area contributed by atoms with Gasteiger partial charge < -0.3 is 19.0 Å². The van der Waals surface area contributed by atoms with Gasteiger partial charge in [-0.1, -0.05) is 0 Å². The molecular formula is C15H20N2O3. The van der Waals surface area contributed by atoms with Crippen molar-refractivity contribution < 1.29 is 9.15 Å². The number of furan rings is 1. The van der Waals surface area contributed by atoms with Crippen LogP contribution in [0.15, 0.2) is 45.9 Å². The van der Waals surface area contributed by atoms with Crippen molar-refractivity contribution in [2.45, 2.75) is 25.9 Å². The molecule has 1 N–H and O–H groups in total. The first-order valence-electron chi connectivity index (χ1n) is 6.67. The third-order valence-corrected chi connectivity index (χ3v) is 3.02. The number of hydrogen-bond acceptors (Lipinski definition) is 4. The van der Waals surface area contributed by atoms with Crippen LogP contribution >= 0.6 is 0 Å². The summed E-state index contributed by atoms with van der Waals surface area (Å²) in [4.78, 5) is 11.7. The van der Waals surface area contributed by atoms with Gasteiger partial charge in [0.25, 0.3) is 5.56 Å². The number of nitrogens with one attached hydrogen (secondary N) is 1. The molecule has 2 rings (SSSR count). The molecule has 0 spiro atoms. The Morgan fingerprint density at radius 1 is 1.40 bits per heavy atom. The van der Waals surface area contributed by atoms with E-state index in [1.807, 2.05) is 18.3 Å². The van der Waals surface area contributed by atoms with Crippen molar-refractivity contribution in [1.29, 1.82) is 0 Å². The van der Waals surface area contributed by atoms with Gasteiger partial charge in [-0.2, -0.15) is 0 Å². The average molecular weight is 276 g/mol. The minimum absolute atomic E-state index is 0.0220. The van der Waals surface area contributed by atoms with Crippen LogP contribution in [0.25, 0.3) is 0 Å². The SMILES string of the molecule is COCCn1cc(NC(C)Cc2ccco2)ccc1=O. The topological polar surface area (TPSA) is 56.4 Å². The zero-order valence-electron chi connectivity index (χ0n) is 11.8. The molecule has 0 amide bonds. The molecule has 0 aliphatic rings. The molecule has 0 fully saturated rings. The molecule has 0 saturated carbocycles. The molecule has 0 radical (unpaired) electrons. The second kappa shape index (κ2) is 6.96. The van der Waals surface area contributed by atoms with Gasteiger partial charge in [0.05, 0.1) is 18.6 Å². The molecule has 5 nitrogen and oxygen atoms in total. The first-order chi connectivity index (χ1) is 9.69. The highest BCUT2D eigenvalue weighted by Gasteiger charge is 2.06. The van der Waals surface area contributed by atoms with E-state index in [4.69, 9.17) is 9.15 Å². The summed E-state index contributed by atoms with van der Waals surface area (Å²) in [5, 5.41) is 3.36. The Kier molecular flexibility index (Phi) is 5.01. The number of nitrogens with zero attached hydrogens (tertiary/aromatic N) is 1. The molecule has 0 bridgehead atoms. The van der Waals surface area contributed by atoms with E-state index in [0.29, 0.717) is 13.2 Å². The minimum atomic E-state index is -0.0220. The van der Waals surface area contributed by atoms with Gasteiger partial charge >= 0.3 is 0 Å². The standard InChI is InChI=1S/C15H20N2O3/c1-12(10-14-4-3-8-20-14)16-13-5-6-15(18)17(11-13)7-9-19-2/h3-6,8,11-12,16H,7,9-10H2,1-2H3. The monoisotopic (exact) mass is 276 g/mol. The van der Waals surface area contributed by atoms with Crippen molar-refractivity contribution in [3.05, 3.63) is 52.8 Å². The van der Waals surface area contributed by atoms with E-state index in [9.17, 15) is 4.79 Å². The van der Waals surface area contributed by atoms with Gasteiger partial charge in [0, 0.05) is 38.4 Å². The number of rotatable bonds is 7. The van der Waals surface area contributed by atoms with E-state index in [1.54, 1.807) is 30.1 Å². The van der Waals surface area contributed by atoms with E-state index in [1.165, 1.54) is 0 Å². The zero-order valence-corrected chi connectivity index (χ0v) is 11.8.